The van der Waals surface area contributed by atoms with E-state index in [1.54, 1.807) is 7.11 Å². The Balaban J connectivity index is 1.39. The number of benzene rings is 2. The first-order valence-corrected chi connectivity index (χ1v) is 13.6. The zero-order valence-electron chi connectivity index (χ0n) is 21.9. The van der Waals surface area contributed by atoms with E-state index in [2.05, 4.69) is 40.1 Å². The average molecular weight is 493 g/mol. The van der Waals surface area contributed by atoms with Crippen LogP contribution in [0, 0.1) is 11.8 Å². The number of ether oxygens (including phenoxy) is 3. The van der Waals surface area contributed by atoms with Crippen LogP contribution in [0.15, 0.2) is 42.5 Å². The molecule has 2 heterocycles. The monoisotopic (exact) mass is 492 g/mol. The third kappa shape index (κ3) is 5.49. The van der Waals surface area contributed by atoms with E-state index in [-0.39, 0.29) is 5.92 Å². The first kappa shape index (κ1) is 24.9. The molecule has 1 aliphatic carbocycles. The molecule has 0 aromatic heterocycles. The summed E-state index contributed by atoms with van der Waals surface area (Å²) in [7, 11) is 1.73. The van der Waals surface area contributed by atoms with Gasteiger partial charge in [0.1, 0.15) is 5.75 Å². The Morgan fingerprint density at radius 2 is 1.86 bits per heavy atom. The third-order valence-corrected chi connectivity index (χ3v) is 8.11. The van der Waals surface area contributed by atoms with Crippen molar-refractivity contribution in [2.75, 3.05) is 33.5 Å². The lowest BCUT2D eigenvalue weighted by Crippen LogP contribution is -2.47. The van der Waals surface area contributed by atoms with Gasteiger partial charge >= 0.3 is 0 Å². The molecule has 2 atom stereocenters. The number of methoxy groups -OCH3 is 1. The Bertz CT molecular complexity index is 1050. The average Bonchev–Trinajstić information content (AvgIpc) is 3.54. The molecule has 0 bridgehead atoms. The SMILES string of the molecule is COc1cccc(C2CN(Cc3ccc4c(c3)OCO4)CC2CN(C(=O)C(C)C)C2CCCCC2)c1. The largest absolute Gasteiger partial charge is 0.497 e. The highest BCUT2D eigenvalue weighted by Crippen LogP contribution is 2.38. The van der Waals surface area contributed by atoms with Gasteiger partial charge in [-0.25, -0.2) is 0 Å². The molecule has 194 valence electrons. The fourth-order valence-electron chi connectivity index (χ4n) is 6.22. The smallest absolute Gasteiger partial charge is 0.231 e. The molecular weight excluding hydrogens is 452 g/mol. The fourth-order valence-corrected chi connectivity index (χ4v) is 6.22. The lowest BCUT2D eigenvalue weighted by molar-refractivity contribution is -0.138. The molecule has 1 saturated carbocycles. The van der Waals surface area contributed by atoms with Crippen LogP contribution in [0.2, 0.25) is 0 Å². The highest BCUT2D eigenvalue weighted by atomic mass is 16.7. The van der Waals surface area contributed by atoms with E-state index >= 15 is 0 Å². The van der Waals surface area contributed by atoms with Gasteiger partial charge in [0, 0.05) is 44.1 Å². The predicted octanol–water partition coefficient (Wildman–Crippen LogP) is 5.46. The molecule has 2 aromatic carbocycles. The summed E-state index contributed by atoms with van der Waals surface area (Å²) in [6.07, 6.45) is 6.02. The van der Waals surface area contributed by atoms with Crippen LogP contribution in [-0.2, 0) is 11.3 Å². The molecular formula is C30H40N2O4. The summed E-state index contributed by atoms with van der Waals surface area (Å²) in [5.41, 5.74) is 2.53. The van der Waals surface area contributed by atoms with Gasteiger partial charge in [-0.1, -0.05) is 51.3 Å². The summed E-state index contributed by atoms with van der Waals surface area (Å²) in [6.45, 7) is 7.97. The molecule has 6 nitrogen and oxygen atoms in total. The summed E-state index contributed by atoms with van der Waals surface area (Å²) >= 11 is 0. The number of amides is 1. The van der Waals surface area contributed by atoms with E-state index in [4.69, 9.17) is 14.2 Å². The second kappa shape index (κ2) is 11.1. The highest BCUT2D eigenvalue weighted by Gasteiger charge is 2.38. The van der Waals surface area contributed by atoms with Crippen molar-refractivity contribution in [1.82, 2.24) is 9.80 Å². The number of hydrogen-bond donors (Lipinski definition) is 0. The maximum atomic E-state index is 13.4. The Morgan fingerprint density at radius 1 is 1.06 bits per heavy atom. The standard InChI is InChI=1S/C30H40N2O4/c1-21(2)30(33)32(25-9-5-4-6-10-25)18-24-17-31(16-22-12-13-28-29(14-22)36-20-35-28)19-27(24)23-8-7-11-26(15-23)34-3/h7-8,11-15,21,24-25,27H,4-6,9-10,16-20H2,1-3H3. The summed E-state index contributed by atoms with van der Waals surface area (Å²) in [5, 5.41) is 0. The van der Waals surface area contributed by atoms with Crippen molar-refractivity contribution in [2.45, 2.75) is 64.5 Å². The van der Waals surface area contributed by atoms with Crippen molar-refractivity contribution < 1.29 is 19.0 Å². The van der Waals surface area contributed by atoms with Crippen LogP contribution < -0.4 is 14.2 Å². The lowest BCUT2D eigenvalue weighted by atomic mass is 9.86. The molecule has 3 aliphatic rings. The lowest BCUT2D eigenvalue weighted by Gasteiger charge is -2.38. The summed E-state index contributed by atoms with van der Waals surface area (Å²) in [4.78, 5) is 18.2. The fraction of sp³-hybridized carbons (Fsp3) is 0.567. The number of hydrogen-bond acceptors (Lipinski definition) is 5. The molecule has 5 rings (SSSR count). The number of likely N-dealkylation sites (tertiary alicyclic amines) is 1. The van der Waals surface area contributed by atoms with Crippen LogP contribution in [0.5, 0.6) is 17.2 Å². The van der Waals surface area contributed by atoms with E-state index in [9.17, 15) is 4.79 Å². The van der Waals surface area contributed by atoms with Gasteiger partial charge in [0.05, 0.1) is 7.11 Å². The second-order valence-corrected chi connectivity index (χ2v) is 11.0. The number of carbonyl (C=O) groups excluding carboxylic acids is 1. The van der Waals surface area contributed by atoms with Crippen LogP contribution >= 0.6 is 0 Å². The minimum Gasteiger partial charge on any atom is -0.497 e. The minimum absolute atomic E-state index is 0.0216. The second-order valence-electron chi connectivity index (χ2n) is 11.0. The number of rotatable bonds is 8. The van der Waals surface area contributed by atoms with Gasteiger partial charge in [0.25, 0.3) is 0 Å². The molecule has 2 aromatic rings. The van der Waals surface area contributed by atoms with Gasteiger partial charge in [-0.2, -0.15) is 0 Å². The predicted molar refractivity (Wildman–Crippen MR) is 140 cm³/mol. The first-order chi connectivity index (χ1) is 17.5. The van der Waals surface area contributed by atoms with Gasteiger partial charge in [0.2, 0.25) is 12.7 Å². The Labute approximate surface area is 215 Å². The normalized spacial score (nSPS) is 22.2. The number of nitrogens with zero attached hydrogens (tertiary/aromatic N) is 2. The van der Waals surface area contributed by atoms with E-state index in [0.29, 0.717) is 30.6 Å². The van der Waals surface area contributed by atoms with Gasteiger partial charge in [-0.05, 0) is 54.2 Å². The maximum absolute atomic E-state index is 13.4. The zero-order chi connectivity index (χ0) is 25.1. The molecule has 6 heteroatoms. The van der Waals surface area contributed by atoms with Crippen LogP contribution in [-0.4, -0.2) is 55.3 Å². The van der Waals surface area contributed by atoms with E-state index in [1.165, 1.54) is 30.4 Å². The van der Waals surface area contributed by atoms with Crippen LogP contribution in [0.25, 0.3) is 0 Å². The first-order valence-electron chi connectivity index (χ1n) is 13.6. The summed E-state index contributed by atoms with van der Waals surface area (Å²) in [5.74, 6) is 3.59. The highest BCUT2D eigenvalue weighted by molar-refractivity contribution is 5.78. The molecule has 0 radical (unpaired) electrons. The van der Waals surface area contributed by atoms with Gasteiger partial charge in [0.15, 0.2) is 11.5 Å². The molecule has 0 spiro atoms. The van der Waals surface area contributed by atoms with Crippen molar-refractivity contribution in [1.29, 1.82) is 0 Å². The summed E-state index contributed by atoms with van der Waals surface area (Å²) < 4.78 is 16.7. The molecule has 1 amide bonds. The van der Waals surface area contributed by atoms with Crippen molar-refractivity contribution >= 4 is 5.91 Å². The Kier molecular flexibility index (Phi) is 7.70. The third-order valence-electron chi connectivity index (χ3n) is 8.11. The summed E-state index contributed by atoms with van der Waals surface area (Å²) in [6, 6.07) is 15.1. The molecule has 1 saturated heterocycles. The Hall–Kier alpha value is -2.73. The van der Waals surface area contributed by atoms with Crippen molar-refractivity contribution in [3.63, 3.8) is 0 Å². The molecule has 2 fully saturated rings. The maximum Gasteiger partial charge on any atom is 0.231 e. The quantitative estimate of drug-likeness (QED) is 0.490. The van der Waals surface area contributed by atoms with E-state index in [1.807, 2.05) is 26.0 Å². The topological polar surface area (TPSA) is 51.2 Å². The molecule has 2 aliphatic heterocycles. The Morgan fingerprint density at radius 3 is 2.64 bits per heavy atom. The van der Waals surface area contributed by atoms with E-state index < -0.39 is 0 Å². The van der Waals surface area contributed by atoms with Crippen molar-refractivity contribution in [3.05, 3.63) is 53.6 Å². The van der Waals surface area contributed by atoms with Gasteiger partial charge in [-0.15, -0.1) is 0 Å². The number of carbonyl (C=O) groups is 1. The zero-order valence-corrected chi connectivity index (χ0v) is 21.9. The van der Waals surface area contributed by atoms with Gasteiger partial charge < -0.3 is 19.1 Å². The van der Waals surface area contributed by atoms with Crippen LogP contribution in [0.4, 0.5) is 0 Å². The molecule has 0 N–H and O–H groups in total. The van der Waals surface area contributed by atoms with Crippen LogP contribution in [0.1, 0.15) is 63.0 Å². The van der Waals surface area contributed by atoms with Crippen molar-refractivity contribution in [2.24, 2.45) is 11.8 Å². The van der Waals surface area contributed by atoms with E-state index in [0.717, 1.165) is 56.3 Å². The van der Waals surface area contributed by atoms with Crippen LogP contribution in [0.3, 0.4) is 0 Å². The molecule has 2 unspecified atom stereocenters. The van der Waals surface area contributed by atoms with Crippen molar-refractivity contribution in [3.8, 4) is 17.2 Å². The minimum atomic E-state index is 0.0216. The number of fused-ring (bicyclic) bond motifs is 1. The molecule has 36 heavy (non-hydrogen) atoms. The van der Waals surface area contributed by atoms with Gasteiger partial charge in [-0.3, -0.25) is 9.69 Å².